The van der Waals surface area contributed by atoms with Gasteiger partial charge < -0.3 is 14.3 Å². The second kappa shape index (κ2) is 12.5. The average Bonchev–Trinajstić information content (AvgIpc) is 2.74. The van der Waals surface area contributed by atoms with Gasteiger partial charge >= 0.3 is 11.6 Å². The third-order valence-electron chi connectivity index (χ3n) is 5.49. The zero-order chi connectivity index (χ0) is 22.8. The Morgan fingerprint density at radius 3 is 2.39 bits per heavy atom. The Balaban J connectivity index is 2.44. The van der Waals surface area contributed by atoms with Crippen LogP contribution in [0.1, 0.15) is 76.0 Å². The van der Waals surface area contributed by atoms with Gasteiger partial charge in [0, 0.05) is 24.4 Å². The highest BCUT2D eigenvalue weighted by molar-refractivity contribution is 5.86. The molecule has 0 radical (unpaired) electrons. The van der Waals surface area contributed by atoms with Crippen LogP contribution in [0.2, 0.25) is 0 Å². The van der Waals surface area contributed by atoms with Gasteiger partial charge in [0.1, 0.15) is 11.3 Å². The molecule has 6 heteroatoms. The van der Waals surface area contributed by atoms with E-state index in [9.17, 15) is 14.7 Å². The van der Waals surface area contributed by atoms with E-state index in [-0.39, 0.29) is 18.1 Å². The van der Waals surface area contributed by atoms with Crippen molar-refractivity contribution in [2.45, 2.75) is 79.2 Å². The molecule has 0 amide bonds. The molecule has 0 saturated carbocycles. The van der Waals surface area contributed by atoms with E-state index < -0.39 is 5.63 Å². The Morgan fingerprint density at radius 2 is 1.77 bits per heavy atom. The summed E-state index contributed by atoms with van der Waals surface area (Å²) in [6, 6.07) is 3.30. The molecule has 172 valence electrons. The van der Waals surface area contributed by atoms with Gasteiger partial charge in [-0.1, -0.05) is 33.6 Å². The number of rotatable bonds is 13. The van der Waals surface area contributed by atoms with E-state index in [4.69, 9.17) is 9.15 Å². The van der Waals surface area contributed by atoms with Crippen LogP contribution in [0.4, 0.5) is 0 Å². The lowest BCUT2D eigenvalue weighted by atomic mass is 9.98. The summed E-state index contributed by atoms with van der Waals surface area (Å²) in [6.07, 6.45) is 5.65. The van der Waals surface area contributed by atoms with Crippen LogP contribution in [-0.2, 0) is 22.5 Å². The Morgan fingerprint density at radius 1 is 1.10 bits per heavy atom. The van der Waals surface area contributed by atoms with Crippen molar-refractivity contribution in [3.05, 3.63) is 39.2 Å². The van der Waals surface area contributed by atoms with Crippen molar-refractivity contribution < 1.29 is 19.1 Å². The number of unbranched alkanes of at least 4 members (excludes halogenated alkanes) is 2. The van der Waals surface area contributed by atoms with Gasteiger partial charge in [0.05, 0.1) is 12.2 Å². The predicted octanol–water partition coefficient (Wildman–Crippen LogP) is 5.10. The number of esters is 1. The standard InChI is InChI=1S/C25H37NO5/c1-5-8-12-26(13-9-6-2)17-21-24(29)19(10-11-22(27)30-14-7-3)16-20-18(4)15-23(28)31-25(20)21/h15-16,29H,5-14,17H2,1-4H3. The summed E-state index contributed by atoms with van der Waals surface area (Å²) in [5.74, 6) is -0.158. The number of fused-ring (bicyclic) bond motifs is 1. The van der Waals surface area contributed by atoms with Crippen LogP contribution in [0.3, 0.4) is 0 Å². The Labute approximate surface area is 185 Å². The molecular weight excluding hydrogens is 394 g/mol. The smallest absolute Gasteiger partial charge is 0.336 e. The number of ether oxygens (including phenoxy) is 1. The summed E-state index contributed by atoms with van der Waals surface area (Å²) in [5.41, 5.74) is 2.13. The molecular formula is C25H37NO5. The number of aromatic hydroxyl groups is 1. The minimum Gasteiger partial charge on any atom is -0.507 e. The molecule has 1 aromatic carbocycles. The number of phenols is 1. The normalized spacial score (nSPS) is 11.4. The van der Waals surface area contributed by atoms with Crippen LogP contribution in [0.5, 0.6) is 5.75 Å². The maximum absolute atomic E-state index is 12.1. The fourth-order valence-corrected chi connectivity index (χ4v) is 3.69. The lowest BCUT2D eigenvalue weighted by molar-refractivity contribution is -0.143. The molecule has 1 aromatic heterocycles. The number of nitrogens with zero attached hydrogens (tertiary/aromatic N) is 1. The maximum atomic E-state index is 12.1. The number of carbonyl (C=O) groups excluding carboxylic acids is 1. The fraction of sp³-hybridized carbons (Fsp3) is 0.600. The van der Waals surface area contributed by atoms with Crippen LogP contribution >= 0.6 is 0 Å². The first kappa shape index (κ1) is 24.9. The van der Waals surface area contributed by atoms with Gasteiger partial charge in [0.2, 0.25) is 0 Å². The number of aryl methyl sites for hydroxylation is 2. The van der Waals surface area contributed by atoms with Crippen LogP contribution in [-0.4, -0.2) is 35.7 Å². The molecule has 0 saturated heterocycles. The third-order valence-corrected chi connectivity index (χ3v) is 5.49. The number of hydrogen-bond donors (Lipinski definition) is 1. The van der Waals surface area contributed by atoms with E-state index in [2.05, 4.69) is 18.7 Å². The molecule has 0 aliphatic heterocycles. The van der Waals surface area contributed by atoms with Gasteiger partial charge in [-0.15, -0.1) is 0 Å². The molecule has 0 aliphatic rings. The van der Waals surface area contributed by atoms with Crippen molar-refractivity contribution >= 4 is 16.9 Å². The van der Waals surface area contributed by atoms with Gasteiger partial charge in [-0.2, -0.15) is 0 Å². The molecule has 0 bridgehead atoms. The van der Waals surface area contributed by atoms with Crippen molar-refractivity contribution in [3.63, 3.8) is 0 Å². The number of phenolic OH excluding ortho intramolecular Hbond substituents is 1. The van der Waals surface area contributed by atoms with Gasteiger partial charge in [-0.05, 0) is 62.9 Å². The van der Waals surface area contributed by atoms with E-state index in [1.807, 2.05) is 19.9 Å². The second-order valence-electron chi connectivity index (χ2n) is 8.19. The molecule has 0 fully saturated rings. The van der Waals surface area contributed by atoms with Crippen LogP contribution in [0.25, 0.3) is 11.0 Å². The van der Waals surface area contributed by atoms with E-state index >= 15 is 0 Å². The topological polar surface area (TPSA) is 80.0 Å². The van der Waals surface area contributed by atoms with Crippen LogP contribution in [0, 0.1) is 6.92 Å². The van der Waals surface area contributed by atoms with Crippen molar-refractivity contribution in [2.75, 3.05) is 19.7 Å². The summed E-state index contributed by atoms with van der Waals surface area (Å²) in [7, 11) is 0. The van der Waals surface area contributed by atoms with Gasteiger partial charge in [-0.3, -0.25) is 9.69 Å². The SMILES string of the molecule is CCCCN(CCCC)Cc1c(O)c(CCC(=O)OCCC)cc2c(C)cc(=O)oc12. The Kier molecular flexibility index (Phi) is 10.0. The summed E-state index contributed by atoms with van der Waals surface area (Å²) in [4.78, 5) is 26.4. The first-order valence-corrected chi connectivity index (χ1v) is 11.6. The molecule has 0 spiro atoms. The van der Waals surface area contributed by atoms with E-state index in [1.165, 1.54) is 6.07 Å². The van der Waals surface area contributed by atoms with E-state index in [1.54, 1.807) is 0 Å². The van der Waals surface area contributed by atoms with Crippen molar-refractivity contribution in [3.8, 4) is 5.75 Å². The predicted molar refractivity (Wildman–Crippen MR) is 124 cm³/mol. The number of carbonyl (C=O) groups is 1. The monoisotopic (exact) mass is 431 g/mol. The molecule has 2 rings (SSSR count). The van der Waals surface area contributed by atoms with E-state index in [0.717, 1.165) is 56.1 Å². The molecule has 0 unspecified atom stereocenters. The molecule has 0 atom stereocenters. The van der Waals surface area contributed by atoms with Crippen LogP contribution in [0.15, 0.2) is 21.3 Å². The van der Waals surface area contributed by atoms with Gasteiger partial charge in [-0.25, -0.2) is 4.79 Å². The zero-order valence-electron chi connectivity index (χ0n) is 19.5. The van der Waals surface area contributed by atoms with Crippen LogP contribution < -0.4 is 5.63 Å². The second-order valence-corrected chi connectivity index (χ2v) is 8.19. The number of hydrogen-bond acceptors (Lipinski definition) is 6. The van der Waals surface area contributed by atoms with Crippen molar-refractivity contribution in [2.24, 2.45) is 0 Å². The highest BCUT2D eigenvalue weighted by atomic mass is 16.5. The van der Waals surface area contributed by atoms with E-state index in [0.29, 0.717) is 36.3 Å². The molecule has 1 N–H and O–H groups in total. The quantitative estimate of drug-likeness (QED) is 0.351. The average molecular weight is 432 g/mol. The fourth-order valence-electron chi connectivity index (χ4n) is 3.69. The molecule has 1 heterocycles. The first-order chi connectivity index (χ1) is 14.9. The summed E-state index contributed by atoms with van der Waals surface area (Å²) < 4.78 is 10.7. The van der Waals surface area contributed by atoms with Gasteiger partial charge in [0.25, 0.3) is 0 Å². The minimum atomic E-state index is -0.421. The largest absolute Gasteiger partial charge is 0.507 e. The van der Waals surface area contributed by atoms with Crippen molar-refractivity contribution in [1.82, 2.24) is 4.90 Å². The Hall–Kier alpha value is -2.34. The third kappa shape index (κ3) is 7.10. The Bertz CT molecular complexity index is 910. The molecule has 31 heavy (non-hydrogen) atoms. The maximum Gasteiger partial charge on any atom is 0.336 e. The summed E-state index contributed by atoms with van der Waals surface area (Å²) in [6.45, 7) is 10.9. The molecule has 6 nitrogen and oxygen atoms in total. The lowest BCUT2D eigenvalue weighted by Crippen LogP contribution is -2.26. The molecule has 2 aromatic rings. The first-order valence-electron chi connectivity index (χ1n) is 11.6. The summed E-state index contributed by atoms with van der Waals surface area (Å²) in [5, 5.41) is 11.9. The number of benzene rings is 1. The van der Waals surface area contributed by atoms with Crippen molar-refractivity contribution in [1.29, 1.82) is 0 Å². The summed E-state index contributed by atoms with van der Waals surface area (Å²) >= 11 is 0. The highest BCUT2D eigenvalue weighted by Crippen LogP contribution is 2.34. The van der Waals surface area contributed by atoms with Gasteiger partial charge in [0.15, 0.2) is 0 Å². The minimum absolute atomic E-state index is 0.113. The lowest BCUT2D eigenvalue weighted by Gasteiger charge is -2.24. The highest BCUT2D eigenvalue weighted by Gasteiger charge is 2.20. The zero-order valence-corrected chi connectivity index (χ0v) is 19.5. The molecule has 0 aliphatic carbocycles.